The summed E-state index contributed by atoms with van der Waals surface area (Å²) in [6.45, 7) is 0. The van der Waals surface area contributed by atoms with Gasteiger partial charge >= 0.3 is 23.6 Å². The molecule has 0 amide bonds. The molecule has 43 valence electrons. The standard InChI is InChI=1S/GeO2.HO3S/c2-1-3;1-4(2)3/h;(H,1,2,3)/q2*-1. The second-order valence-corrected chi connectivity index (χ2v) is 1.08. The Morgan fingerprint density at radius 1 is 1.57 bits per heavy atom. The summed E-state index contributed by atoms with van der Waals surface area (Å²) in [6.07, 6.45) is 0. The van der Waals surface area contributed by atoms with Crippen LogP contribution < -0.4 is 4.13 Å². The molecule has 0 spiro atoms. The molecule has 0 aromatic heterocycles. The van der Waals surface area contributed by atoms with Crippen molar-refractivity contribution in [3.8, 4) is 0 Å². The van der Waals surface area contributed by atoms with Crippen LogP contribution in [0.5, 0.6) is 0 Å². The van der Waals surface area contributed by atoms with Gasteiger partial charge in [0.1, 0.15) is 0 Å². The number of hydrogen-bond acceptors (Lipinski definition) is 5. The van der Waals surface area contributed by atoms with Crippen LogP contribution in [0.4, 0.5) is 0 Å². The van der Waals surface area contributed by atoms with Gasteiger partial charge in [-0.05, 0) is 0 Å². The van der Waals surface area contributed by atoms with E-state index in [1.807, 2.05) is 0 Å². The molecular weight excluding hydrogens is 185 g/mol. The molecule has 1 radical (unpaired) electrons. The zero-order valence-electron chi connectivity index (χ0n) is 2.99. The van der Waals surface area contributed by atoms with Crippen LogP contribution in [0.2, 0.25) is 0 Å². The average molecular weight is 186 g/mol. The molecule has 0 unspecified atom stereocenters. The Morgan fingerprint density at radius 3 is 1.57 bits per heavy atom. The predicted octanol–water partition coefficient (Wildman–Crippen LogP) is -1.92. The van der Waals surface area contributed by atoms with Crippen molar-refractivity contribution < 1.29 is 20.9 Å². The van der Waals surface area contributed by atoms with E-state index in [-0.39, 0.29) is 0 Å². The quantitative estimate of drug-likeness (QED) is 0.206. The van der Waals surface area contributed by atoms with Crippen LogP contribution in [0.3, 0.4) is 0 Å². The third-order valence-electron chi connectivity index (χ3n) is 0. The molecule has 0 fully saturated rings. The maximum absolute atomic E-state index is 8.56. The average Bonchev–Trinajstić information content (AvgIpc) is 1.33. The van der Waals surface area contributed by atoms with Crippen molar-refractivity contribution in [2.75, 3.05) is 0 Å². The molecule has 5 nitrogen and oxygen atoms in total. The molecule has 7 heteroatoms. The van der Waals surface area contributed by atoms with Gasteiger partial charge in [-0.3, -0.25) is 0 Å². The molecule has 0 heterocycles. The molecule has 0 rings (SSSR count). The van der Waals surface area contributed by atoms with Gasteiger partial charge in [0.05, 0.1) is 0 Å². The van der Waals surface area contributed by atoms with E-state index in [4.69, 9.17) is 20.9 Å². The summed E-state index contributed by atoms with van der Waals surface area (Å²) >= 11 is -2.00. The molecule has 1 N–H and O–H groups in total. The second kappa shape index (κ2) is 9.41. The zero-order chi connectivity index (χ0) is 6.28. The monoisotopic (exact) mass is 187 g/mol. The number of rotatable bonds is 0. The van der Waals surface area contributed by atoms with Crippen LogP contribution in [-0.4, -0.2) is 20.3 Å². The Morgan fingerprint density at radius 2 is 1.57 bits per heavy atom. The molecular formula is HGeO5S-2. The van der Waals surface area contributed by atoms with E-state index < -0.39 is 26.7 Å². The van der Waals surface area contributed by atoms with Gasteiger partial charge in [0.2, 0.25) is 0 Å². The molecule has 0 saturated heterocycles. The molecule has 0 aliphatic heterocycles. The summed E-state index contributed by atoms with van der Waals surface area (Å²) in [4.78, 5) is 0. The van der Waals surface area contributed by atoms with Gasteiger partial charge in [0.15, 0.2) is 0 Å². The molecule has 0 aliphatic carbocycles. The van der Waals surface area contributed by atoms with Crippen molar-refractivity contribution in [1.29, 1.82) is 0 Å². The summed E-state index contributed by atoms with van der Waals surface area (Å²) in [6, 6.07) is 0. The van der Waals surface area contributed by atoms with Gasteiger partial charge in [-0.2, -0.15) is 0 Å². The first-order valence-corrected chi connectivity index (χ1v) is 3.67. The zero-order valence-corrected chi connectivity index (χ0v) is 5.90. The molecule has 0 saturated carbocycles. The fourth-order valence-corrected chi connectivity index (χ4v) is 0. The summed E-state index contributed by atoms with van der Waals surface area (Å²) < 4.78 is 41.1. The fourth-order valence-electron chi connectivity index (χ4n) is 0. The third kappa shape index (κ3) is 35600. The number of hydrogen-bond donors (Lipinski definition) is 1. The second-order valence-electron chi connectivity index (χ2n) is 0.300. The van der Waals surface area contributed by atoms with E-state index >= 15 is 0 Å². The van der Waals surface area contributed by atoms with Crippen molar-refractivity contribution in [1.82, 2.24) is 0 Å². The molecule has 0 aromatic carbocycles. The third-order valence-corrected chi connectivity index (χ3v) is 0. The predicted molar refractivity (Wildman–Crippen MR) is 17.8 cm³/mol. The SMILES string of the molecule is O=[S-](=O)O.[O]=[Ge][O-]. The van der Waals surface area contributed by atoms with Gasteiger partial charge in [-0.1, -0.05) is 0 Å². The maximum atomic E-state index is 8.56. The van der Waals surface area contributed by atoms with E-state index in [1.165, 1.54) is 0 Å². The summed E-state index contributed by atoms with van der Waals surface area (Å²) in [5, 5.41) is 0. The first kappa shape index (κ1) is 10.1. The summed E-state index contributed by atoms with van der Waals surface area (Å²) in [7, 11) is -2.86. The van der Waals surface area contributed by atoms with Crippen LogP contribution in [0, 0.1) is 0 Å². The van der Waals surface area contributed by atoms with Gasteiger partial charge < -0.3 is 13.0 Å². The van der Waals surface area contributed by atoms with Gasteiger partial charge in [-0.15, -0.1) is 0 Å². The Hall–Kier alpha value is 0.0529. The van der Waals surface area contributed by atoms with Gasteiger partial charge in [0, 0.05) is 11.0 Å². The Labute approximate surface area is 48.2 Å². The van der Waals surface area contributed by atoms with Crippen LogP contribution in [-0.2, 0) is 23.2 Å². The van der Waals surface area contributed by atoms with E-state index in [0.29, 0.717) is 0 Å². The molecule has 0 aliphatic rings. The van der Waals surface area contributed by atoms with E-state index in [1.54, 1.807) is 0 Å². The van der Waals surface area contributed by atoms with E-state index in [9.17, 15) is 0 Å². The molecule has 0 bridgehead atoms. The molecule has 0 atom stereocenters. The Bertz CT molecular complexity index is 84.3. The minimum absolute atomic E-state index is 2.00. The summed E-state index contributed by atoms with van der Waals surface area (Å²) in [5.74, 6) is 0. The van der Waals surface area contributed by atoms with Crippen molar-refractivity contribution in [3.63, 3.8) is 0 Å². The van der Waals surface area contributed by atoms with Crippen molar-refractivity contribution >= 4 is 26.7 Å². The van der Waals surface area contributed by atoms with Crippen LogP contribution in [0.1, 0.15) is 0 Å². The fraction of sp³-hybridized carbons (Fsp3) is 0. The van der Waals surface area contributed by atoms with Crippen molar-refractivity contribution in [2.24, 2.45) is 0 Å². The minimum atomic E-state index is -2.86. The normalized spacial score (nSPS) is 6.57. The Balaban J connectivity index is 0. The van der Waals surface area contributed by atoms with Gasteiger partial charge in [-0.25, -0.2) is 0 Å². The van der Waals surface area contributed by atoms with Crippen LogP contribution >= 0.6 is 0 Å². The van der Waals surface area contributed by atoms with Crippen LogP contribution in [0.25, 0.3) is 0 Å². The van der Waals surface area contributed by atoms with Gasteiger partial charge in [0.25, 0.3) is 0 Å². The van der Waals surface area contributed by atoms with Crippen LogP contribution in [0.15, 0.2) is 0 Å². The molecule has 0 aromatic rings. The van der Waals surface area contributed by atoms with E-state index in [0.717, 1.165) is 0 Å². The van der Waals surface area contributed by atoms with Crippen molar-refractivity contribution in [3.05, 3.63) is 0 Å². The first-order valence-electron chi connectivity index (χ1n) is 0.924. The molecule has 7 heavy (non-hydrogen) atoms. The topological polar surface area (TPSA) is 94.5 Å². The first-order chi connectivity index (χ1) is 3.15. The van der Waals surface area contributed by atoms with E-state index in [2.05, 4.69) is 0 Å². The summed E-state index contributed by atoms with van der Waals surface area (Å²) in [5.41, 5.74) is 0. The Kier molecular flexibility index (Phi) is 13.6. The van der Waals surface area contributed by atoms with Crippen molar-refractivity contribution in [2.45, 2.75) is 0 Å².